The molecule has 72 valence electrons. The maximum absolute atomic E-state index is 5.39. The Hall–Kier alpha value is -1.31. The topological polar surface area (TPSA) is 79.6 Å². The Kier molecular flexibility index (Phi) is 2.53. The van der Waals surface area contributed by atoms with Crippen molar-refractivity contribution in [1.29, 1.82) is 0 Å². The Morgan fingerprint density at radius 1 is 1.43 bits per heavy atom. The number of benzene rings is 1. The number of aromatic amines is 1. The van der Waals surface area contributed by atoms with E-state index in [4.69, 9.17) is 5.73 Å². The molecule has 1 heterocycles. The molecular weight excluding hydrogens is 293 g/mol. The van der Waals surface area contributed by atoms with E-state index in [1.54, 1.807) is 0 Å². The largest absolute Gasteiger partial charge is 0.368 e. The number of rotatable bonds is 2. The fraction of sp³-hybridized carbons (Fsp3) is 0. The van der Waals surface area contributed by atoms with Crippen LogP contribution in [0.2, 0.25) is 0 Å². The highest BCUT2D eigenvalue weighted by molar-refractivity contribution is 14.1. The first-order chi connectivity index (χ1) is 6.74. The molecule has 0 saturated carbocycles. The molecule has 5 nitrogen and oxygen atoms in total. The molecule has 1 aromatic heterocycles. The average molecular weight is 301 g/mol. The van der Waals surface area contributed by atoms with Crippen LogP contribution in [0.3, 0.4) is 0 Å². The lowest BCUT2D eigenvalue weighted by molar-refractivity contribution is 1.10. The molecule has 2 aromatic rings. The van der Waals surface area contributed by atoms with Crippen LogP contribution in [0.4, 0.5) is 17.6 Å². The second-order valence-corrected chi connectivity index (χ2v) is 3.93. The van der Waals surface area contributed by atoms with Crippen molar-refractivity contribution in [2.75, 3.05) is 11.1 Å². The molecule has 0 fully saturated rings. The van der Waals surface area contributed by atoms with Crippen LogP contribution >= 0.6 is 22.6 Å². The van der Waals surface area contributed by atoms with Crippen LogP contribution in [0.5, 0.6) is 0 Å². The van der Waals surface area contributed by atoms with Crippen molar-refractivity contribution in [3.63, 3.8) is 0 Å². The van der Waals surface area contributed by atoms with Gasteiger partial charge in [-0.25, -0.2) is 5.10 Å². The number of hydrogen-bond acceptors (Lipinski definition) is 4. The number of hydrogen-bond donors (Lipinski definition) is 3. The molecule has 14 heavy (non-hydrogen) atoms. The van der Waals surface area contributed by atoms with Gasteiger partial charge in [0.05, 0.1) is 0 Å². The number of halogens is 1. The summed E-state index contributed by atoms with van der Waals surface area (Å²) in [4.78, 5) is 3.93. The first kappa shape index (κ1) is 9.25. The maximum Gasteiger partial charge on any atom is 0.248 e. The van der Waals surface area contributed by atoms with E-state index < -0.39 is 0 Å². The van der Waals surface area contributed by atoms with E-state index in [-0.39, 0.29) is 0 Å². The molecule has 0 aliphatic heterocycles. The molecule has 0 aliphatic rings. The van der Waals surface area contributed by atoms with Crippen LogP contribution in [-0.4, -0.2) is 15.2 Å². The van der Waals surface area contributed by atoms with E-state index >= 15 is 0 Å². The van der Waals surface area contributed by atoms with Crippen molar-refractivity contribution in [1.82, 2.24) is 15.2 Å². The Bertz CT molecular complexity index is 439. The second kappa shape index (κ2) is 3.82. The van der Waals surface area contributed by atoms with E-state index in [0.717, 1.165) is 9.26 Å². The SMILES string of the molecule is Nc1nc(Nc2cccc(I)c2)n[nH]1. The van der Waals surface area contributed by atoms with Gasteiger partial charge in [-0.2, -0.15) is 4.98 Å². The van der Waals surface area contributed by atoms with Crippen molar-refractivity contribution in [3.8, 4) is 0 Å². The fourth-order valence-corrected chi connectivity index (χ4v) is 1.57. The number of aromatic nitrogens is 3. The Labute approximate surface area is 94.3 Å². The fourth-order valence-electron chi connectivity index (χ4n) is 1.03. The van der Waals surface area contributed by atoms with E-state index in [0.29, 0.717) is 11.9 Å². The minimum atomic E-state index is 0.304. The molecule has 0 amide bonds. The number of nitrogens with one attached hydrogen (secondary N) is 2. The van der Waals surface area contributed by atoms with Gasteiger partial charge in [0.2, 0.25) is 11.9 Å². The highest BCUT2D eigenvalue weighted by atomic mass is 127. The molecule has 0 unspecified atom stereocenters. The first-order valence-corrected chi connectivity index (χ1v) is 5.02. The minimum absolute atomic E-state index is 0.304. The number of H-pyrrole nitrogens is 1. The summed E-state index contributed by atoms with van der Waals surface area (Å²) >= 11 is 2.24. The summed E-state index contributed by atoms with van der Waals surface area (Å²) in [5.41, 5.74) is 6.33. The molecule has 0 radical (unpaired) electrons. The van der Waals surface area contributed by atoms with Gasteiger partial charge in [-0.05, 0) is 40.8 Å². The van der Waals surface area contributed by atoms with Gasteiger partial charge in [-0.15, -0.1) is 5.10 Å². The van der Waals surface area contributed by atoms with E-state index in [9.17, 15) is 0 Å². The summed E-state index contributed by atoms with van der Waals surface area (Å²) in [6.07, 6.45) is 0. The predicted octanol–water partition coefficient (Wildman–Crippen LogP) is 1.74. The van der Waals surface area contributed by atoms with Crippen molar-refractivity contribution >= 4 is 40.2 Å². The monoisotopic (exact) mass is 301 g/mol. The zero-order valence-corrected chi connectivity index (χ0v) is 9.32. The second-order valence-electron chi connectivity index (χ2n) is 2.68. The summed E-state index contributed by atoms with van der Waals surface area (Å²) in [6.45, 7) is 0. The lowest BCUT2D eigenvalue weighted by Gasteiger charge is -2.00. The molecule has 0 bridgehead atoms. The average Bonchev–Trinajstić information content (AvgIpc) is 2.51. The van der Waals surface area contributed by atoms with Gasteiger partial charge in [0.25, 0.3) is 0 Å². The smallest absolute Gasteiger partial charge is 0.248 e. The van der Waals surface area contributed by atoms with Crippen LogP contribution in [0.15, 0.2) is 24.3 Å². The van der Waals surface area contributed by atoms with Crippen LogP contribution in [0, 0.1) is 3.57 Å². The minimum Gasteiger partial charge on any atom is -0.368 e. The molecule has 1 aromatic carbocycles. The summed E-state index contributed by atoms with van der Waals surface area (Å²) in [6, 6.07) is 7.90. The zero-order valence-electron chi connectivity index (χ0n) is 7.16. The van der Waals surface area contributed by atoms with Gasteiger partial charge in [0.1, 0.15) is 0 Å². The van der Waals surface area contributed by atoms with E-state index in [2.05, 4.69) is 43.1 Å². The number of nitrogen functional groups attached to an aromatic ring is 1. The molecule has 2 rings (SSSR count). The molecule has 4 N–H and O–H groups in total. The van der Waals surface area contributed by atoms with Gasteiger partial charge < -0.3 is 11.1 Å². The lowest BCUT2D eigenvalue weighted by atomic mass is 10.3. The normalized spacial score (nSPS) is 10.1. The lowest BCUT2D eigenvalue weighted by Crippen LogP contribution is -1.92. The molecule has 6 heteroatoms. The van der Waals surface area contributed by atoms with Crippen LogP contribution in [-0.2, 0) is 0 Å². The summed E-state index contributed by atoms with van der Waals surface area (Å²) in [5, 5.41) is 9.45. The Balaban J connectivity index is 2.18. The van der Waals surface area contributed by atoms with Gasteiger partial charge in [0, 0.05) is 9.26 Å². The molecular formula is C8H8IN5. The van der Waals surface area contributed by atoms with E-state index in [1.807, 2.05) is 24.3 Å². The van der Waals surface area contributed by atoms with Crippen LogP contribution in [0.25, 0.3) is 0 Å². The third-order valence-corrected chi connectivity index (χ3v) is 2.25. The number of nitrogens with zero attached hydrogens (tertiary/aromatic N) is 2. The van der Waals surface area contributed by atoms with Gasteiger partial charge in [-0.1, -0.05) is 6.07 Å². The summed E-state index contributed by atoms with van der Waals surface area (Å²) < 4.78 is 1.15. The third kappa shape index (κ3) is 2.13. The highest BCUT2D eigenvalue weighted by Crippen LogP contribution is 2.15. The quantitative estimate of drug-likeness (QED) is 0.738. The van der Waals surface area contributed by atoms with E-state index in [1.165, 1.54) is 0 Å². The van der Waals surface area contributed by atoms with Crippen molar-refractivity contribution in [2.45, 2.75) is 0 Å². The highest BCUT2D eigenvalue weighted by Gasteiger charge is 1.99. The van der Waals surface area contributed by atoms with Gasteiger partial charge in [-0.3, -0.25) is 0 Å². The van der Waals surface area contributed by atoms with Crippen molar-refractivity contribution in [3.05, 3.63) is 27.8 Å². The molecule has 0 atom stereocenters. The van der Waals surface area contributed by atoms with Crippen molar-refractivity contribution < 1.29 is 0 Å². The van der Waals surface area contributed by atoms with Crippen molar-refractivity contribution in [2.24, 2.45) is 0 Å². The van der Waals surface area contributed by atoms with Gasteiger partial charge in [0.15, 0.2) is 0 Å². The Morgan fingerprint density at radius 2 is 2.29 bits per heavy atom. The molecule has 0 saturated heterocycles. The third-order valence-electron chi connectivity index (χ3n) is 1.58. The summed E-state index contributed by atoms with van der Waals surface area (Å²) in [5.74, 6) is 0.780. The number of anilines is 3. The Morgan fingerprint density at radius 3 is 2.93 bits per heavy atom. The standard InChI is InChI=1S/C8H8IN5/c9-5-2-1-3-6(4-5)11-8-12-7(10)13-14-8/h1-4H,(H4,10,11,12,13,14). The molecule has 0 aliphatic carbocycles. The number of nitrogens with two attached hydrogens (primary N) is 1. The predicted molar refractivity (Wildman–Crippen MR) is 63.2 cm³/mol. The van der Waals surface area contributed by atoms with Crippen LogP contribution < -0.4 is 11.1 Å². The summed E-state index contributed by atoms with van der Waals surface area (Å²) in [7, 11) is 0. The van der Waals surface area contributed by atoms with Crippen LogP contribution in [0.1, 0.15) is 0 Å². The zero-order chi connectivity index (χ0) is 9.97. The first-order valence-electron chi connectivity index (χ1n) is 3.94. The molecule has 0 spiro atoms. The maximum atomic E-state index is 5.39. The van der Waals surface area contributed by atoms with Gasteiger partial charge >= 0.3 is 0 Å².